The molecule has 3 heteroatoms. The molecule has 17 heavy (non-hydrogen) atoms. The number of hydrogen-bond acceptors (Lipinski definition) is 3. The third-order valence-electron chi connectivity index (χ3n) is 3.97. The first-order chi connectivity index (χ1) is 8.31. The highest BCUT2D eigenvalue weighted by molar-refractivity contribution is 5.52. The van der Waals surface area contributed by atoms with E-state index in [9.17, 15) is 0 Å². The molecule has 0 amide bonds. The van der Waals surface area contributed by atoms with Gasteiger partial charge in [0.2, 0.25) is 0 Å². The number of nitriles is 1. The Morgan fingerprint density at radius 3 is 2.47 bits per heavy atom. The van der Waals surface area contributed by atoms with Crippen LogP contribution in [-0.4, -0.2) is 19.7 Å². The maximum atomic E-state index is 8.43. The van der Waals surface area contributed by atoms with Crippen LogP contribution in [0, 0.1) is 16.7 Å². The minimum absolute atomic E-state index is 0.117. The van der Waals surface area contributed by atoms with Crippen LogP contribution in [0.5, 0.6) is 5.75 Å². The van der Waals surface area contributed by atoms with Gasteiger partial charge in [-0.25, -0.2) is 0 Å². The number of rotatable bonds is 3. The summed E-state index contributed by atoms with van der Waals surface area (Å²) in [7, 11) is 0. The monoisotopic (exact) mass is 228 g/mol. The van der Waals surface area contributed by atoms with Gasteiger partial charge in [-0.15, -0.1) is 0 Å². The van der Waals surface area contributed by atoms with Crippen molar-refractivity contribution in [1.29, 1.82) is 5.26 Å². The Bertz CT molecular complexity index is 434. The van der Waals surface area contributed by atoms with Crippen molar-refractivity contribution in [2.24, 2.45) is 5.41 Å². The van der Waals surface area contributed by atoms with Crippen molar-refractivity contribution in [3.63, 3.8) is 0 Å². The van der Waals surface area contributed by atoms with Crippen molar-refractivity contribution in [1.82, 2.24) is 0 Å². The summed E-state index contributed by atoms with van der Waals surface area (Å²) in [5, 5.41) is 8.43. The first kappa shape index (κ1) is 10.5. The van der Waals surface area contributed by atoms with Gasteiger partial charge in [-0.05, 0) is 37.1 Å². The normalized spacial score (nSPS) is 20.3. The molecule has 0 bridgehead atoms. The minimum atomic E-state index is 0.117. The highest BCUT2D eigenvalue weighted by Crippen LogP contribution is 2.49. The Kier molecular flexibility index (Phi) is 2.44. The van der Waals surface area contributed by atoms with Crippen molar-refractivity contribution in [2.45, 2.75) is 19.3 Å². The average Bonchev–Trinajstić information content (AvgIpc) is 2.24. The van der Waals surface area contributed by atoms with E-state index in [1.165, 1.54) is 38.0 Å². The van der Waals surface area contributed by atoms with Gasteiger partial charge in [0.15, 0.2) is 6.61 Å². The van der Waals surface area contributed by atoms with Crippen molar-refractivity contribution in [3.05, 3.63) is 24.3 Å². The predicted molar refractivity (Wildman–Crippen MR) is 66.0 cm³/mol. The molecule has 1 aromatic rings. The molecule has 3 nitrogen and oxygen atoms in total. The molecule has 0 N–H and O–H groups in total. The molecule has 3 rings (SSSR count). The average molecular weight is 228 g/mol. The summed E-state index contributed by atoms with van der Waals surface area (Å²) in [5.74, 6) is 0.772. The Balaban J connectivity index is 1.60. The fourth-order valence-electron chi connectivity index (χ4n) is 2.81. The fraction of sp³-hybridized carbons (Fsp3) is 0.500. The van der Waals surface area contributed by atoms with Crippen molar-refractivity contribution < 1.29 is 4.74 Å². The molecule has 1 spiro atoms. The van der Waals surface area contributed by atoms with Gasteiger partial charge in [0.1, 0.15) is 11.8 Å². The van der Waals surface area contributed by atoms with Gasteiger partial charge in [0, 0.05) is 24.2 Å². The summed E-state index contributed by atoms with van der Waals surface area (Å²) in [4.78, 5) is 2.42. The van der Waals surface area contributed by atoms with Crippen LogP contribution in [0.1, 0.15) is 19.3 Å². The summed E-state index contributed by atoms with van der Waals surface area (Å²) in [6.07, 6.45) is 4.23. The second-order valence-electron chi connectivity index (χ2n) is 5.15. The quantitative estimate of drug-likeness (QED) is 0.797. The second-order valence-corrected chi connectivity index (χ2v) is 5.15. The standard InChI is InChI=1S/C14H16N2O/c15-8-9-17-13-4-2-12(3-5-13)16-10-14(11-16)6-1-7-14/h2-5H,1,6-7,9-11H2. The van der Waals surface area contributed by atoms with Crippen molar-refractivity contribution >= 4 is 5.69 Å². The molecule has 0 atom stereocenters. The number of hydrogen-bond donors (Lipinski definition) is 0. The molecule has 88 valence electrons. The number of anilines is 1. The summed E-state index contributed by atoms with van der Waals surface area (Å²) in [5.41, 5.74) is 1.93. The molecular weight excluding hydrogens is 212 g/mol. The van der Waals surface area contributed by atoms with Gasteiger partial charge in [-0.1, -0.05) is 6.42 Å². The maximum Gasteiger partial charge on any atom is 0.174 e. The molecule has 0 radical (unpaired) electrons. The van der Waals surface area contributed by atoms with E-state index >= 15 is 0 Å². The molecule has 0 aromatic heterocycles. The smallest absolute Gasteiger partial charge is 0.174 e. The zero-order valence-corrected chi connectivity index (χ0v) is 9.85. The molecule has 1 saturated heterocycles. The highest BCUT2D eigenvalue weighted by Gasteiger charge is 2.47. The van der Waals surface area contributed by atoms with Crippen LogP contribution < -0.4 is 9.64 Å². The van der Waals surface area contributed by atoms with Crippen LogP contribution in [-0.2, 0) is 0 Å². The fourth-order valence-corrected chi connectivity index (χ4v) is 2.81. The van der Waals surface area contributed by atoms with E-state index < -0.39 is 0 Å². The number of nitrogens with zero attached hydrogens (tertiary/aromatic N) is 2. The SMILES string of the molecule is N#CCOc1ccc(N2CC3(CCC3)C2)cc1. The lowest BCUT2D eigenvalue weighted by atomic mass is 9.63. The molecule has 1 aliphatic carbocycles. The van der Waals surface area contributed by atoms with Gasteiger partial charge in [-0.3, -0.25) is 0 Å². The van der Waals surface area contributed by atoms with Crippen LogP contribution >= 0.6 is 0 Å². The van der Waals surface area contributed by atoms with E-state index in [2.05, 4.69) is 17.0 Å². The minimum Gasteiger partial charge on any atom is -0.479 e. The van der Waals surface area contributed by atoms with Gasteiger partial charge < -0.3 is 9.64 Å². The predicted octanol–water partition coefficient (Wildman–Crippen LogP) is 2.58. The first-order valence-electron chi connectivity index (χ1n) is 6.16. The molecule has 1 aliphatic heterocycles. The Hall–Kier alpha value is -1.69. The third kappa shape index (κ3) is 1.84. The number of ether oxygens (including phenoxy) is 1. The lowest BCUT2D eigenvalue weighted by Gasteiger charge is -2.57. The van der Waals surface area contributed by atoms with E-state index in [1.807, 2.05) is 18.2 Å². The van der Waals surface area contributed by atoms with Gasteiger partial charge in [0.25, 0.3) is 0 Å². The van der Waals surface area contributed by atoms with E-state index in [-0.39, 0.29) is 6.61 Å². The van der Waals surface area contributed by atoms with Gasteiger partial charge >= 0.3 is 0 Å². The third-order valence-corrected chi connectivity index (χ3v) is 3.97. The molecule has 2 aliphatic rings. The summed E-state index contributed by atoms with van der Waals surface area (Å²) in [6, 6.07) is 10.0. The highest BCUT2D eigenvalue weighted by atomic mass is 16.5. The summed E-state index contributed by atoms with van der Waals surface area (Å²) >= 11 is 0. The lowest BCUT2D eigenvalue weighted by molar-refractivity contribution is 0.0904. The lowest BCUT2D eigenvalue weighted by Crippen LogP contribution is -2.59. The topological polar surface area (TPSA) is 36.3 Å². The zero-order valence-electron chi connectivity index (χ0n) is 9.85. The summed E-state index contributed by atoms with van der Waals surface area (Å²) in [6.45, 7) is 2.54. The van der Waals surface area contributed by atoms with Gasteiger partial charge in [-0.2, -0.15) is 5.26 Å². The van der Waals surface area contributed by atoms with Crippen LogP contribution in [0.25, 0.3) is 0 Å². The van der Waals surface area contributed by atoms with Gasteiger partial charge in [0.05, 0.1) is 0 Å². The zero-order chi connectivity index (χ0) is 11.7. The molecule has 1 aromatic carbocycles. The molecule has 1 heterocycles. The second kappa shape index (κ2) is 3.96. The van der Waals surface area contributed by atoms with Crippen molar-refractivity contribution in [2.75, 3.05) is 24.6 Å². The van der Waals surface area contributed by atoms with E-state index in [4.69, 9.17) is 10.00 Å². The van der Waals surface area contributed by atoms with E-state index in [0.29, 0.717) is 5.41 Å². The van der Waals surface area contributed by atoms with Crippen LogP contribution in [0.4, 0.5) is 5.69 Å². The first-order valence-corrected chi connectivity index (χ1v) is 6.16. The maximum absolute atomic E-state index is 8.43. The Morgan fingerprint density at radius 1 is 1.24 bits per heavy atom. The molecule has 2 fully saturated rings. The van der Waals surface area contributed by atoms with Crippen LogP contribution in [0.3, 0.4) is 0 Å². The molecular formula is C14H16N2O. The summed E-state index contributed by atoms with van der Waals surface area (Å²) < 4.78 is 5.24. The van der Waals surface area contributed by atoms with E-state index in [0.717, 1.165) is 5.75 Å². The Labute approximate surface area is 102 Å². The molecule has 1 saturated carbocycles. The van der Waals surface area contributed by atoms with Crippen LogP contribution in [0.2, 0.25) is 0 Å². The Morgan fingerprint density at radius 2 is 1.94 bits per heavy atom. The van der Waals surface area contributed by atoms with Crippen molar-refractivity contribution in [3.8, 4) is 11.8 Å². The van der Waals surface area contributed by atoms with E-state index in [1.54, 1.807) is 0 Å². The largest absolute Gasteiger partial charge is 0.479 e. The van der Waals surface area contributed by atoms with Crippen LogP contribution in [0.15, 0.2) is 24.3 Å². The number of benzene rings is 1. The molecule has 0 unspecified atom stereocenters.